The van der Waals surface area contributed by atoms with Crippen molar-refractivity contribution in [3.63, 3.8) is 0 Å². The molecule has 0 unspecified atom stereocenters. The molecule has 0 aliphatic heterocycles. The molecule has 2 aromatic rings. The first-order valence-corrected chi connectivity index (χ1v) is 9.17. The molecule has 0 heterocycles. The van der Waals surface area contributed by atoms with Crippen LogP contribution in [0.5, 0.6) is 11.5 Å². The molecule has 0 aromatic heterocycles. The van der Waals surface area contributed by atoms with Crippen LogP contribution in [0.4, 0.5) is 5.69 Å². The molecule has 1 N–H and O–H groups in total. The Morgan fingerprint density at radius 1 is 1.19 bits per heavy atom. The zero-order chi connectivity index (χ0) is 19.3. The fraction of sp³-hybridized carbons (Fsp3) is 0.222. The van der Waals surface area contributed by atoms with E-state index in [2.05, 4.69) is 5.32 Å². The first-order valence-electron chi connectivity index (χ1n) is 7.76. The summed E-state index contributed by atoms with van der Waals surface area (Å²) in [5, 5.41) is 11.5. The Balaban J connectivity index is 2.43. The van der Waals surface area contributed by atoms with Crippen LogP contribution in [0.1, 0.15) is 25.0 Å². The van der Waals surface area contributed by atoms with Gasteiger partial charge < -0.3 is 14.2 Å². The molecule has 0 spiro atoms. The molecule has 2 aromatic carbocycles. The topological polar surface area (TPSA) is 105 Å². The van der Waals surface area contributed by atoms with Crippen LogP contribution in [0.25, 0.3) is 0 Å². The van der Waals surface area contributed by atoms with Gasteiger partial charge in [0, 0.05) is 18.7 Å². The van der Waals surface area contributed by atoms with Crippen LogP contribution in [0, 0.1) is 18.3 Å². The molecule has 0 aliphatic carbocycles. The zero-order valence-electron chi connectivity index (χ0n) is 14.6. The number of nitriles is 1. The second kappa shape index (κ2) is 7.89. The van der Waals surface area contributed by atoms with Gasteiger partial charge in [-0.05, 0) is 43.7 Å². The third-order valence-electron chi connectivity index (χ3n) is 3.35. The minimum absolute atomic E-state index is 0.0184. The van der Waals surface area contributed by atoms with Crippen molar-refractivity contribution in [2.45, 2.75) is 25.7 Å². The molecule has 0 fully saturated rings. The van der Waals surface area contributed by atoms with Gasteiger partial charge in [0.1, 0.15) is 4.90 Å². The number of hydrogen-bond donors (Lipinski definition) is 1. The van der Waals surface area contributed by atoms with Gasteiger partial charge in [-0.25, -0.2) is 0 Å². The van der Waals surface area contributed by atoms with Gasteiger partial charge >= 0.3 is 10.1 Å². The third-order valence-corrected chi connectivity index (χ3v) is 4.73. The van der Waals surface area contributed by atoms with E-state index in [9.17, 15) is 13.2 Å². The first-order chi connectivity index (χ1) is 12.3. The number of nitrogens with one attached hydrogen (secondary N) is 1. The molecule has 2 rings (SSSR count). The Hall–Kier alpha value is -3.05. The normalized spacial score (nSPS) is 10.7. The summed E-state index contributed by atoms with van der Waals surface area (Å²) in [6, 6.07) is 10.7. The number of ether oxygens (including phenoxy) is 1. The monoisotopic (exact) mass is 374 g/mol. The fourth-order valence-electron chi connectivity index (χ4n) is 2.23. The van der Waals surface area contributed by atoms with Crippen LogP contribution in [-0.4, -0.2) is 20.9 Å². The molecule has 26 heavy (non-hydrogen) atoms. The number of amides is 1. The standard InChI is InChI=1S/C18H18N2O5S/c1-4-24-17-9-14(11-19)6-8-16(17)25-26(22,23)18-10-15(20-13(3)21)7-5-12(18)2/h5-10H,4H2,1-3H3,(H,20,21). The molecule has 0 radical (unpaired) electrons. The summed E-state index contributed by atoms with van der Waals surface area (Å²) in [7, 11) is -4.18. The summed E-state index contributed by atoms with van der Waals surface area (Å²) in [6.45, 7) is 4.96. The molecule has 136 valence electrons. The van der Waals surface area contributed by atoms with Crippen LogP contribution in [0.3, 0.4) is 0 Å². The predicted molar refractivity (Wildman–Crippen MR) is 95.6 cm³/mol. The van der Waals surface area contributed by atoms with Crippen molar-refractivity contribution in [3.05, 3.63) is 47.5 Å². The number of carbonyl (C=O) groups is 1. The van der Waals surface area contributed by atoms with E-state index in [1.807, 2.05) is 6.07 Å². The second-order valence-electron chi connectivity index (χ2n) is 5.41. The largest absolute Gasteiger partial charge is 0.490 e. The lowest BCUT2D eigenvalue weighted by molar-refractivity contribution is -0.114. The average Bonchev–Trinajstić information content (AvgIpc) is 2.57. The Labute approximate surface area is 152 Å². The third kappa shape index (κ3) is 4.52. The predicted octanol–water partition coefficient (Wildman–Crippen LogP) is 2.99. The highest BCUT2D eigenvalue weighted by Crippen LogP contribution is 2.32. The number of hydrogen-bond acceptors (Lipinski definition) is 6. The van der Waals surface area contributed by atoms with E-state index < -0.39 is 10.1 Å². The van der Waals surface area contributed by atoms with Crippen molar-refractivity contribution in [2.75, 3.05) is 11.9 Å². The van der Waals surface area contributed by atoms with Gasteiger partial charge in [0.2, 0.25) is 5.91 Å². The molecule has 0 bridgehead atoms. The Kier molecular flexibility index (Phi) is 5.85. The number of aryl methyl sites for hydroxylation is 1. The SMILES string of the molecule is CCOc1cc(C#N)ccc1OS(=O)(=O)c1cc(NC(C)=O)ccc1C. The second-order valence-corrected chi connectivity index (χ2v) is 6.92. The van der Waals surface area contributed by atoms with Crippen LogP contribution >= 0.6 is 0 Å². The molecule has 1 amide bonds. The van der Waals surface area contributed by atoms with Gasteiger partial charge in [0.05, 0.1) is 18.2 Å². The summed E-state index contributed by atoms with van der Waals surface area (Å²) < 4.78 is 36.0. The molecule has 0 saturated carbocycles. The molecular formula is C18H18N2O5S. The highest BCUT2D eigenvalue weighted by Gasteiger charge is 2.22. The lowest BCUT2D eigenvalue weighted by atomic mass is 10.2. The summed E-state index contributed by atoms with van der Waals surface area (Å²) in [4.78, 5) is 11.1. The molecule has 8 heteroatoms. The van der Waals surface area contributed by atoms with Gasteiger partial charge in [-0.2, -0.15) is 13.7 Å². The van der Waals surface area contributed by atoms with Gasteiger partial charge in [0.25, 0.3) is 0 Å². The molecular weight excluding hydrogens is 356 g/mol. The maximum absolute atomic E-state index is 12.7. The summed E-state index contributed by atoms with van der Waals surface area (Å²) in [5.74, 6) is -0.176. The summed E-state index contributed by atoms with van der Waals surface area (Å²) in [5.41, 5.74) is 1.13. The lowest BCUT2D eigenvalue weighted by Crippen LogP contribution is -2.13. The fourth-order valence-corrected chi connectivity index (χ4v) is 3.43. The van der Waals surface area contributed by atoms with Gasteiger partial charge in [-0.15, -0.1) is 0 Å². The van der Waals surface area contributed by atoms with E-state index in [-0.39, 0.29) is 28.9 Å². The van der Waals surface area contributed by atoms with E-state index >= 15 is 0 Å². The minimum atomic E-state index is -4.18. The van der Waals surface area contributed by atoms with Crippen LogP contribution in [0.2, 0.25) is 0 Å². The number of nitrogens with zero attached hydrogens (tertiary/aromatic N) is 1. The quantitative estimate of drug-likeness (QED) is 0.779. The van der Waals surface area contributed by atoms with E-state index in [1.54, 1.807) is 26.0 Å². The van der Waals surface area contributed by atoms with Crippen molar-refractivity contribution < 1.29 is 22.1 Å². The van der Waals surface area contributed by atoms with E-state index in [0.717, 1.165) is 0 Å². The zero-order valence-corrected chi connectivity index (χ0v) is 15.4. The maximum atomic E-state index is 12.7. The first kappa shape index (κ1) is 19.3. The molecule has 0 saturated heterocycles. The summed E-state index contributed by atoms with van der Waals surface area (Å²) >= 11 is 0. The Bertz CT molecular complexity index is 978. The van der Waals surface area contributed by atoms with Crippen molar-refractivity contribution in [1.29, 1.82) is 5.26 Å². The van der Waals surface area contributed by atoms with Gasteiger partial charge in [0.15, 0.2) is 11.5 Å². The Morgan fingerprint density at radius 3 is 2.54 bits per heavy atom. The van der Waals surface area contributed by atoms with Crippen molar-refractivity contribution in [2.24, 2.45) is 0 Å². The minimum Gasteiger partial charge on any atom is -0.490 e. The van der Waals surface area contributed by atoms with Crippen molar-refractivity contribution >= 4 is 21.7 Å². The van der Waals surface area contributed by atoms with Crippen molar-refractivity contribution in [3.8, 4) is 17.6 Å². The van der Waals surface area contributed by atoms with E-state index in [1.165, 1.54) is 31.2 Å². The smallest absolute Gasteiger partial charge is 0.339 e. The highest BCUT2D eigenvalue weighted by molar-refractivity contribution is 7.87. The molecule has 0 aliphatic rings. The number of rotatable bonds is 6. The van der Waals surface area contributed by atoms with Gasteiger partial charge in [-0.1, -0.05) is 6.07 Å². The van der Waals surface area contributed by atoms with Gasteiger partial charge in [-0.3, -0.25) is 4.79 Å². The van der Waals surface area contributed by atoms with E-state index in [4.69, 9.17) is 14.2 Å². The van der Waals surface area contributed by atoms with Crippen LogP contribution in [-0.2, 0) is 14.9 Å². The average molecular weight is 374 g/mol. The van der Waals surface area contributed by atoms with Crippen LogP contribution in [0.15, 0.2) is 41.3 Å². The number of carbonyl (C=O) groups excluding carboxylic acids is 1. The highest BCUT2D eigenvalue weighted by atomic mass is 32.2. The molecule has 0 atom stereocenters. The Morgan fingerprint density at radius 2 is 1.92 bits per heavy atom. The van der Waals surface area contributed by atoms with E-state index in [0.29, 0.717) is 16.8 Å². The van der Waals surface area contributed by atoms with Crippen molar-refractivity contribution in [1.82, 2.24) is 0 Å². The maximum Gasteiger partial charge on any atom is 0.339 e. The lowest BCUT2D eigenvalue weighted by Gasteiger charge is -2.14. The summed E-state index contributed by atoms with van der Waals surface area (Å²) in [6.07, 6.45) is 0. The number of anilines is 1. The number of benzene rings is 2. The van der Waals surface area contributed by atoms with Crippen LogP contribution < -0.4 is 14.2 Å². The molecule has 7 nitrogen and oxygen atoms in total.